The van der Waals surface area contributed by atoms with E-state index in [4.69, 9.17) is 24.5 Å². The quantitative estimate of drug-likeness (QED) is 0.186. The van der Waals surface area contributed by atoms with Crippen LogP contribution in [-0.4, -0.2) is 205 Å². The third-order valence-electron chi connectivity index (χ3n) is 0.419. The Kier molecular flexibility index (Phi) is 107. The Morgan fingerprint density at radius 3 is 0.667 bits per heavy atom. The van der Waals surface area contributed by atoms with Crippen molar-refractivity contribution in [1.29, 1.82) is 0 Å². The molecule has 0 aliphatic heterocycles. The first kappa shape index (κ1) is 78.5. The molecular formula is H17Na5O16P3. The SMILES string of the molecule is O.O.O.O.O.O.O=P(O)(O)OP(=O)(O)OP(=O)(O)O.[Na].[Na].[Na].[Na].[Na]. The summed E-state index contributed by atoms with van der Waals surface area (Å²) < 4.78 is 36.4. The van der Waals surface area contributed by atoms with Crippen LogP contribution in [0.1, 0.15) is 0 Å². The van der Waals surface area contributed by atoms with Crippen LogP contribution in [0.2, 0.25) is 0 Å². The van der Waals surface area contributed by atoms with Gasteiger partial charge in [-0.05, 0) is 0 Å². The molecule has 24 heteroatoms. The van der Waals surface area contributed by atoms with Gasteiger partial charge in [0.15, 0.2) is 0 Å². The topological polar surface area (TPSA) is 360 Å². The summed E-state index contributed by atoms with van der Waals surface area (Å²) in [5.74, 6) is 0. The number of phosphoric acid groups is 3. The van der Waals surface area contributed by atoms with Crippen LogP contribution in [0.3, 0.4) is 0 Å². The molecule has 0 heterocycles. The van der Waals surface area contributed by atoms with Gasteiger partial charge in [-0.25, -0.2) is 13.7 Å². The van der Waals surface area contributed by atoms with E-state index in [0.29, 0.717) is 0 Å². The van der Waals surface area contributed by atoms with Crippen LogP contribution in [-0.2, 0) is 22.3 Å². The van der Waals surface area contributed by atoms with E-state index in [-0.39, 0.29) is 181 Å². The van der Waals surface area contributed by atoms with E-state index in [0.717, 1.165) is 0 Å². The maximum atomic E-state index is 10.4. The smallest absolute Gasteiger partial charge is 0.412 e. The van der Waals surface area contributed by atoms with E-state index >= 15 is 0 Å². The standard InChI is InChI=1S/5Na.H5O10P3.6H2O/c;;;;;1-11(2,3)9-13(7,8)10-12(4,5)6;;;;;;/h;;;;;(H,7,8)(H2,1,2,3)(H2,4,5,6);6*1H2. The van der Waals surface area contributed by atoms with Crippen molar-refractivity contribution < 1.29 is 79.6 Å². The van der Waals surface area contributed by atoms with E-state index in [2.05, 4.69) is 8.62 Å². The predicted octanol–water partition coefficient (Wildman–Crippen LogP) is -7.55. The van der Waals surface area contributed by atoms with Crippen molar-refractivity contribution >= 4 is 171 Å². The molecule has 133 valence electrons. The van der Waals surface area contributed by atoms with Gasteiger partial charge in [0.2, 0.25) is 0 Å². The van der Waals surface area contributed by atoms with E-state index in [9.17, 15) is 13.7 Å². The van der Waals surface area contributed by atoms with Gasteiger partial charge in [-0.15, -0.1) is 0 Å². The van der Waals surface area contributed by atoms with Crippen LogP contribution < -0.4 is 0 Å². The first-order valence-corrected chi connectivity index (χ1v) is 6.83. The van der Waals surface area contributed by atoms with Crippen molar-refractivity contribution in [3.63, 3.8) is 0 Å². The summed E-state index contributed by atoms with van der Waals surface area (Å²) in [4.78, 5) is 40.2. The monoisotopic (exact) mass is 481 g/mol. The average molecular weight is 481 g/mol. The summed E-state index contributed by atoms with van der Waals surface area (Å²) in [6.07, 6.45) is 0. The van der Waals surface area contributed by atoms with Gasteiger partial charge in [0.05, 0.1) is 0 Å². The number of hydrogen-bond acceptors (Lipinski definition) is 5. The first-order chi connectivity index (χ1) is 5.41. The molecule has 0 atom stereocenters. The molecule has 0 unspecified atom stereocenters. The maximum Gasteiger partial charge on any atom is 0.490 e. The van der Waals surface area contributed by atoms with E-state index in [1.54, 1.807) is 0 Å². The normalized spacial score (nSPS) is 7.88. The zero-order valence-corrected chi connectivity index (χ0v) is 26.3. The molecule has 17 N–H and O–H groups in total. The summed E-state index contributed by atoms with van der Waals surface area (Å²) >= 11 is 0. The first-order valence-electron chi connectivity index (χ1n) is 2.28. The minimum atomic E-state index is -5.46. The second kappa shape index (κ2) is 32.8. The fourth-order valence-corrected chi connectivity index (χ4v) is 2.82. The van der Waals surface area contributed by atoms with E-state index in [1.807, 2.05) is 0 Å². The summed E-state index contributed by atoms with van der Waals surface area (Å²) in [6, 6.07) is 0. The Morgan fingerprint density at radius 2 is 0.583 bits per heavy atom. The third kappa shape index (κ3) is 63.1. The predicted molar refractivity (Wildman–Crippen MR) is 86.5 cm³/mol. The molecule has 0 aliphatic carbocycles. The van der Waals surface area contributed by atoms with Crippen molar-refractivity contribution in [1.82, 2.24) is 0 Å². The van der Waals surface area contributed by atoms with Crippen molar-refractivity contribution in [2.24, 2.45) is 0 Å². The molecule has 0 aromatic rings. The van der Waals surface area contributed by atoms with E-state index in [1.165, 1.54) is 0 Å². The van der Waals surface area contributed by atoms with Crippen molar-refractivity contribution in [2.45, 2.75) is 0 Å². The van der Waals surface area contributed by atoms with Gasteiger partial charge in [0.25, 0.3) is 0 Å². The molecule has 0 amide bonds. The zero-order chi connectivity index (χ0) is 10.9. The van der Waals surface area contributed by atoms with Crippen molar-refractivity contribution in [3.8, 4) is 0 Å². The Bertz CT molecular complexity index is 292. The molecule has 24 heavy (non-hydrogen) atoms. The number of hydrogen-bond donors (Lipinski definition) is 5. The molecule has 0 aliphatic rings. The van der Waals surface area contributed by atoms with Gasteiger partial charge >= 0.3 is 23.5 Å². The molecule has 0 aromatic heterocycles. The molecule has 0 bridgehead atoms. The van der Waals surface area contributed by atoms with Gasteiger partial charge in [-0.1, -0.05) is 0 Å². The third-order valence-corrected chi connectivity index (χ3v) is 3.77. The summed E-state index contributed by atoms with van der Waals surface area (Å²) in [7, 11) is -16.2. The van der Waals surface area contributed by atoms with Crippen LogP contribution in [0.15, 0.2) is 0 Å². The van der Waals surface area contributed by atoms with Gasteiger partial charge in [-0.2, -0.15) is 8.62 Å². The summed E-state index contributed by atoms with van der Waals surface area (Å²) in [6.45, 7) is 0. The maximum absolute atomic E-state index is 10.4. The van der Waals surface area contributed by atoms with Crippen LogP contribution >= 0.6 is 23.5 Å². The molecule has 0 fully saturated rings. The molecule has 0 spiro atoms. The van der Waals surface area contributed by atoms with Crippen LogP contribution in [0.5, 0.6) is 0 Å². The molecule has 0 saturated heterocycles. The molecule has 0 rings (SSSR count). The Labute approximate surface area is 246 Å². The molecule has 16 nitrogen and oxygen atoms in total. The largest absolute Gasteiger partial charge is 0.490 e. The van der Waals surface area contributed by atoms with Crippen molar-refractivity contribution in [3.05, 3.63) is 0 Å². The van der Waals surface area contributed by atoms with Gasteiger partial charge in [-0.3, -0.25) is 0 Å². The molecule has 5 radical (unpaired) electrons. The summed E-state index contributed by atoms with van der Waals surface area (Å²) in [5.41, 5.74) is 0. The fraction of sp³-hybridized carbons (Fsp3) is 0. The second-order valence-corrected chi connectivity index (χ2v) is 5.82. The Balaban J connectivity index is -0.0000000131. The van der Waals surface area contributed by atoms with E-state index < -0.39 is 23.5 Å². The zero-order valence-electron chi connectivity index (χ0n) is 13.6. The number of rotatable bonds is 4. The van der Waals surface area contributed by atoms with Crippen LogP contribution in [0.25, 0.3) is 0 Å². The minimum Gasteiger partial charge on any atom is -0.412 e. The second-order valence-electron chi connectivity index (χ2n) is 1.61. The van der Waals surface area contributed by atoms with Crippen LogP contribution in [0.4, 0.5) is 0 Å². The summed E-state index contributed by atoms with van der Waals surface area (Å²) in [5, 5.41) is 0. The van der Waals surface area contributed by atoms with Gasteiger partial charge in [0.1, 0.15) is 0 Å². The molecular weight excluding hydrogens is 464 g/mol. The van der Waals surface area contributed by atoms with Crippen LogP contribution in [0, 0.1) is 0 Å². The Morgan fingerprint density at radius 1 is 0.458 bits per heavy atom. The minimum absolute atomic E-state index is 0. The molecule has 0 saturated carbocycles. The average Bonchev–Trinajstić information content (AvgIpc) is 1.43. The van der Waals surface area contributed by atoms with Gasteiger partial charge in [0, 0.05) is 148 Å². The fourth-order valence-electron chi connectivity index (χ4n) is 0.284. The molecule has 0 aromatic carbocycles. The Hall–Kier alpha value is 5.17. The van der Waals surface area contributed by atoms with Crippen molar-refractivity contribution in [2.75, 3.05) is 0 Å². The van der Waals surface area contributed by atoms with Gasteiger partial charge < -0.3 is 57.3 Å².